The molecular weight excluding hydrogens is 305 g/mol. The van der Waals surface area contributed by atoms with Crippen molar-refractivity contribution >= 4 is 5.69 Å². The van der Waals surface area contributed by atoms with Gasteiger partial charge >= 0.3 is 0 Å². The van der Waals surface area contributed by atoms with Crippen molar-refractivity contribution in [1.82, 2.24) is 4.90 Å². The first kappa shape index (κ1) is 16.4. The Hall–Kier alpha value is -2.42. The minimum atomic E-state index is -0.499. The highest BCUT2D eigenvalue weighted by molar-refractivity contribution is 5.59. The lowest BCUT2D eigenvalue weighted by Gasteiger charge is -2.31. The molecule has 1 N–H and O–H groups in total. The van der Waals surface area contributed by atoms with Gasteiger partial charge in [-0.15, -0.1) is 0 Å². The van der Waals surface area contributed by atoms with Crippen molar-refractivity contribution < 1.29 is 9.13 Å². The number of nitrogens with zero attached hydrogens (tertiary/aromatic N) is 2. The standard InChI is InChI=1S/C19H20FN3O/c20-17-7-4-8-18(16(17)13-21)22-19(15-5-2-1-3-6-15)14-23-9-11-24-12-10-23/h1-8,19,22H,9-12,14H2. The number of hydrogen-bond donors (Lipinski definition) is 1. The third kappa shape index (κ3) is 3.91. The molecule has 3 rings (SSSR count). The zero-order chi connectivity index (χ0) is 16.8. The summed E-state index contributed by atoms with van der Waals surface area (Å²) in [5.41, 5.74) is 1.69. The lowest BCUT2D eigenvalue weighted by Crippen LogP contribution is -2.40. The van der Waals surface area contributed by atoms with Crippen molar-refractivity contribution in [2.24, 2.45) is 0 Å². The normalized spacial score (nSPS) is 16.3. The van der Waals surface area contributed by atoms with Crippen molar-refractivity contribution in [3.8, 4) is 6.07 Å². The Balaban J connectivity index is 1.85. The molecule has 1 fully saturated rings. The smallest absolute Gasteiger partial charge is 0.143 e. The summed E-state index contributed by atoms with van der Waals surface area (Å²) in [4.78, 5) is 2.32. The number of rotatable bonds is 5. The summed E-state index contributed by atoms with van der Waals surface area (Å²) >= 11 is 0. The third-order valence-electron chi connectivity index (χ3n) is 4.20. The molecule has 0 bridgehead atoms. The molecule has 4 nitrogen and oxygen atoms in total. The molecule has 1 heterocycles. The molecule has 1 aliphatic rings. The van der Waals surface area contributed by atoms with Crippen LogP contribution in [0.3, 0.4) is 0 Å². The Morgan fingerprint density at radius 2 is 1.88 bits per heavy atom. The molecular formula is C19H20FN3O. The van der Waals surface area contributed by atoms with Crippen molar-refractivity contribution in [3.05, 3.63) is 65.5 Å². The Kier molecular flexibility index (Phi) is 5.42. The maximum Gasteiger partial charge on any atom is 0.143 e. The topological polar surface area (TPSA) is 48.3 Å². The Morgan fingerprint density at radius 1 is 1.12 bits per heavy atom. The van der Waals surface area contributed by atoms with Gasteiger partial charge in [-0.05, 0) is 17.7 Å². The van der Waals surface area contributed by atoms with Crippen LogP contribution in [-0.4, -0.2) is 37.7 Å². The number of morpholine rings is 1. The van der Waals surface area contributed by atoms with Crippen LogP contribution in [0.1, 0.15) is 17.2 Å². The molecule has 2 aromatic carbocycles. The number of anilines is 1. The minimum absolute atomic E-state index is 0.0294. The summed E-state index contributed by atoms with van der Waals surface area (Å²) in [5.74, 6) is -0.499. The van der Waals surface area contributed by atoms with E-state index in [1.165, 1.54) is 6.07 Å². The number of halogens is 1. The van der Waals surface area contributed by atoms with Gasteiger partial charge in [0.25, 0.3) is 0 Å². The first-order chi connectivity index (χ1) is 11.8. The molecule has 0 spiro atoms. The Bertz CT molecular complexity index is 708. The van der Waals surface area contributed by atoms with Crippen molar-refractivity contribution in [1.29, 1.82) is 5.26 Å². The average Bonchev–Trinajstić information content (AvgIpc) is 2.63. The SMILES string of the molecule is N#Cc1c(F)cccc1NC(CN1CCOCC1)c1ccccc1. The van der Waals surface area contributed by atoms with Gasteiger partial charge in [-0.25, -0.2) is 4.39 Å². The van der Waals surface area contributed by atoms with Crippen LogP contribution in [-0.2, 0) is 4.74 Å². The molecule has 5 heteroatoms. The molecule has 1 unspecified atom stereocenters. The largest absolute Gasteiger partial charge is 0.379 e. The molecule has 1 aliphatic heterocycles. The molecule has 0 amide bonds. The summed E-state index contributed by atoms with van der Waals surface area (Å²) in [6.45, 7) is 3.98. The molecule has 24 heavy (non-hydrogen) atoms. The molecule has 1 saturated heterocycles. The van der Waals surface area contributed by atoms with E-state index in [1.54, 1.807) is 12.1 Å². The van der Waals surface area contributed by atoms with E-state index in [0.717, 1.165) is 38.4 Å². The second-order valence-corrected chi connectivity index (χ2v) is 5.79. The molecule has 124 valence electrons. The summed E-state index contributed by atoms with van der Waals surface area (Å²) in [6, 6.07) is 16.6. The van der Waals surface area contributed by atoms with Gasteiger partial charge in [0.15, 0.2) is 0 Å². The minimum Gasteiger partial charge on any atom is -0.379 e. The van der Waals surface area contributed by atoms with Gasteiger partial charge in [0.1, 0.15) is 17.4 Å². The molecule has 0 saturated carbocycles. The lowest BCUT2D eigenvalue weighted by molar-refractivity contribution is 0.0361. The maximum absolute atomic E-state index is 13.9. The van der Waals surface area contributed by atoms with Gasteiger partial charge < -0.3 is 10.1 Å². The van der Waals surface area contributed by atoms with E-state index in [-0.39, 0.29) is 11.6 Å². The number of ether oxygens (including phenoxy) is 1. The van der Waals surface area contributed by atoms with Gasteiger partial charge in [0.2, 0.25) is 0 Å². The first-order valence-corrected chi connectivity index (χ1v) is 8.08. The second-order valence-electron chi connectivity index (χ2n) is 5.79. The monoisotopic (exact) mass is 325 g/mol. The fourth-order valence-electron chi connectivity index (χ4n) is 2.91. The highest BCUT2D eigenvalue weighted by Crippen LogP contribution is 2.25. The van der Waals surface area contributed by atoms with Crippen molar-refractivity contribution in [3.63, 3.8) is 0 Å². The molecule has 0 radical (unpaired) electrons. The summed E-state index contributed by atoms with van der Waals surface area (Å²) < 4.78 is 19.3. The van der Waals surface area contributed by atoms with Crippen LogP contribution in [0.2, 0.25) is 0 Å². The van der Waals surface area contributed by atoms with E-state index < -0.39 is 5.82 Å². The molecule has 0 aliphatic carbocycles. The van der Waals surface area contributed by atoms with E-state index in [2.05, 4.69) is 10.2 Å². The summed E-state index contributed by atoms with van der Waals surface area (Å²) in [5, 5.41) is 12.6. The Morgan fingerprint density at radius 3 is 2.58 bits per heavy atom. The molecule has 0 aromatic heterocycles. The van der Waals surface area contributed by atoms with Gasteiger partial charge in [0.05, 0.1) is 24.9 Å². The van der Waals surface area contributed by atoms with Crippen LogP contribution in [0.15, 0.2) is 48.5 Å². The highest BCUT2D eigenvalue weighted by Gasteiger charge is 2.20. The van der Waals surface area contributed by atoms with Gasteiger partial charge in [-0.3, -0.25) is 4.90 Å². The van der Waals surface area contributed by atoms with Gasteiger partial charge in [-0.1, -0.05) is 36.4 Å². The fourth-order valence-corrected chi connectivity index (χ4v) is 2.91. The van der Waals surface area contributed by atoms with Crippen molar-refractivity contribution in [2.75, 3.05) is 38.2 Å². The average molecular weight is 325 g/mol. The quantitative estimate of drug-likeness (QED) is 0.917. The van der Waals surface area contributed by atoms with E-state index >= 15 is 0 Å². The van der Waals surface area contributed by atoms with Crippen LogP contribution >= 0.6 is 0 Å². The third-order valence-corrected chi connectivity index (χ3v) is 4.20. The van der Waals surface area contributed by atoms with Gasteiger partial charge in [0, 0.05) is 19.6 Å². The van der Waals surface area contributed by atoms with Crippen LogP contribution in [0.4, 0.5) is 10.1 Å². The zero-order valence-corrected chi connectivity index (χ0v) is 13.4. The molecule has 1 atom stereocenters. The van der Waals surface area contributed by atoms with Crippen LogP contribution in [0, 0.1) is 17.1 Å². The maximum atomic E-state index is 13.9. The number of nitriles is 1. The fraction of sp³-hybridized carbons (Fsp3) is 0.316. The van der Waals surface area contributed by atoms with E-state index in [4.69, 9.17) is 4.74 Å². The van der Waals surface area contributed by atoms with E-state index in [0.29, 0.717) is 5.69 Å². The van der Waals surface area contributed by atoms with Crippen LogP contribution in [0.25, 0.3) is 0 Å². The molecule has 2 aromatic rings. The predicted molar refractivity (Wildman–Crippen MR) is 91.2 cm³/mol. The highest BCUT2D eigenvalue weighted by atomic mass is 19.1. The number of benzene rings is 2. The van der Waals surface area contributed by atoms with E-state index in [1.807, 2.05) is 36.4 Å². The zero-order valence-electron chi connectivity index (χ0n) is 13.4. The predicted octanol–water partition coefficient (Wildman–Crippen LogP) is 3.18. The Labute approximate surface area is 141 Å². The van der Waals surface area contributed by atoms with Crippen LogP contribution in [0.5, 0.6) is 0 Å². The van der Waals surface area contributed by atoms with E-state index in [9.17, 15) is 9.65 Å². The summed E-state index contributed by atoms with van der Waals surface area (Å²) in [6.07, 6.45) is 0. The number of nitrogens with one attached hydrogen (secondary N) is 1. The van der Waals surface area contributed by atoms with Crippen molar-refractivity contribution in [2.45, 2.75) is 6.04 Å². The van der Waals surface area contributed by atoms with Crippen LogP contribution < -0.4 is 5.32 Å². The summed E-state index contributed by atoms with van der Waals surface area (Å²) in [7, 11) is 0. The lowest BCUT2D eigenvalue weighted by atomic mass is 10.0. The first-order valence-electron chi connectivity index (χ1n) is 8.08. The van der Waals surface area contributed by atoms with Gasteiger partial charge in [-0.2, -0.15) is 5.26 Å². The second kappa shape index (κ2) is 7.91. The number of hydrogen-bond acceptors (Lipinski definition) is 4.